The Morgan fingerprint density at radius 1 is 1.47 bits per heavy atom. The van der Waals surface area contributed by atoms with Crippen molar-refractivity contribution in [2.75, 3.05) is 20.2 Å². The van der Waals surface area contributed by atoms with Crippen LogP contribution in [0, 0.1) is 5.92 Å². The summed E-state index contributed by atoms with van der Waals surface area (Å²) in [6, 6.07) is 7.92. The summed E-state index contributed by atoms with van der Waals surface area (Å²) < 4.78 is 5.31. The van der Waals surface area contributed by atoms with Crippen LogP contribution in [0.15, 0.2) is 24.3 Å². The highest BCUT2D eigenvalue weighted by Crippen LogP contribution is 2.23. The van der Waals surface area contributed by atoms with E-state index in [1.165, 1.54) is 0 Å². The summed E-state index contributed by atoms with van der Waals surface area (Å²) in [6.07, 6.45) is 2.67. The molecule has 0 amide bonds. The Kier molecular flexibility index (Phi) is 4.40. The molecule has 0 saturated carbocycles. The molecule has 0 aliphatic carbocycles. The highest BCUT2D eigenvalue weighted by atomic mass is 16.5. The van der Waals surface area contributed by atoms with Crippen LogP contribution in [-0.4, -0.2) is 31.4 Å². The monoisotopic (exact) mass is 235 g/mol. The average molecular weight is 235 g/mol. The third-order valence-corrected chi connectivity index (χ3v) is 3.50. The van der Waals surface area contributed by atoms with Crippen LogP contribution < -0.4 is 10.1 Å². The Morgan fingerprint density at radius 2 is 2.29 bits per heavy atom. The molecule has 1 fully saturated rings. The molecule has 0 bridgehead atoms. The van der Waals surface area contributed by atoms with Crippen molar-refractivity contribution in [2.45, 2.75) is 25.4 Å². The molecule has 1 aromatic rings. The van der Waals surface area contributed by atoms with Gasteiger partial charge in [-0.25, -0.2) is 0 Å². The van der Waals surface area contributed by atoms with E-state index in [2.05, 4.69) is 5.32 Å². The average Bonchev–Trinajstić information content (AvgIpc) is 2.40. The van der Waals surface area contributed by atoms with E-state index in [1.807, 2.05) is 24.3 Å². The summed E-state index contributed by atoms with van der Waals surface area (Å²) >= 11 is 0. The Balaban J connectivity index is 1.99. The summed E-state index contributed by atoms with van der Waals surface area (Å²) in [5, 5.41) is 13.6. The maximum atomic E-state index is 10.3. The Labute approximate surface area is 103 Å². The van der Waals surface area contributed by atoms with E-state index >= 15 is 0 Å². The molecule has 3 heteroatoms. The number of ether oxygens (including phenoxy) is 1. The molecule has 3 nitrogen and oxygen atoms in total. The van der Waals surface area contributed by atoms with Crippen LogP contribution in [0.3, 0.4) is 0 Å². The van der Waals surface area contributed by atoms with Crippen molar-refractivity contribution >= 4 is 0 Å². The number of hydrogen-bond acceptors (Lipinski definition) is 3. The van der Waals surface area contributed by atoms with Crippen LogP contribution in [-0.2, 0) is 6.42 Å². The van der Waals surface area contributed by atoms with Crippen molar-refractivity contribution < 1.29 is 9.84 Å². The number of rotatable bonds is 4. The van der Waals surface area contributed by atoms with Crippen LogP contribution in [0.1, 0.15) is 18.4 Å². The second kappa shape index (κ2) is 6.03. The van der Waals surface area contributed by atoms with Gasteiger partial charge in [0.05, 0.1) is 13.2 Å². The Hall–Kier alpha value is -1.06. The van der Waals surface area contributed by atoms with E-state index in [1.54, 1.807) is 7.11 Å². The third-order valence-electron chi connectivity index (χ3n) is 3.50. The van der Waals surface area contributed by atoms with Crippen LogP contribution in [0.5, 0.6) is 5.75 Å². The first-order valence-corrected chi connectivity index (χ1v) is 6.32. The number of benzene rings is 1. The molecular weight excluding hydrogens is 214 g/mol. The minimum Gasteiger partial charge on any atom is -0.496 e. The Bertz CT molecular complexity index is 348. The fraction of sp³-hybridized carbons (Fsp3) is 0.571. The molecule has 1 aliphatic rings. The first kappa shape index (κ1) is 12.4. The van der Waals surface area contributed by atoms with Gasteiger partial charge in [-0.2, -0.15) is 0 Å². The van der Waals surface area contributed by atoms with Gasteiger partial charge in [-0.05, 0) is 36.9 Å². The number of para-hydroxylation sites is 1. The van der Waals surface area contributed by atoms with Crippen molar-refractivity contribution in [3.05, 3.63) is 29.8 Å². The largest absolute Gasteiger partial charge is 0.496 e. The van der Waals surface area contributed by atoms with Crippen molar-refractivity contribution in [2.24, 2.45) is 5.92 Å². The summed E-state index contributed by atoms with van der Waals surface area (Å²) in [5.41, 5.74) is 1.09. The molecule has 1 saturated heterocycles. The molecule has 2 unspecified atom stereocenters. The highest BCUT2D eigenvalue weighted by molar-refractivity contribution is 5.33. The summed E-state index contributed by atoms with van der Waals surface area (Å²) in [4.78, 5) is 0. The second-order valence-electron chi connectivity index (χ2n) is 4.69. The second-order valence-corrected chi connectivity index (χ2v) is 4.69. The molecule has 0 spiro atoms. The minimum atomic E-state index is -0.279. The van der Waals surface area contributed by atoms with Gasteiger partial charge in [0.2, 0.25) is 0 Å². The molecule has 2 atom stereocenters. The predicted molar refractivity (Wildman–Crippen MR) is 68.3 cm³/mol. The number of aliphatic hydroxyl groups is 1. The van der Waals surface area contributed by atoms with E-state index in [-0.39, 0.29) is 6.10 Å². The molecule has 0 radical (unpaired) electrons. The standard InChI is InChI=1S/C14H21NO2/c1-17-14-7-3-2-5-11(14)9-13(16)12-6-4-8-15-10-12/h2-3,5,7,12-13,15-16H,4,6,8-10H2,1H3. The fourth-order valence-electron chi connectivity index (χ4n) is 2.47. The maximum absolute atomic E-state index is 10.3. The first-order chi connectivity index (χ1) is 8.31. The number of piperidine rings is 1. The van der Waals surface area contributed by atoms with Gasteiger partial charge >= 0.3 is 0 Å². The summed E-state index contributed by atoms with van der Waals surface area (Å²) in [5.74, 6) is 1.24. The molecule has 2 rings (SSSR count). The quantitative estimate of drug-likeness (QED) is 0.833. The molecule has 0 aromatic heterocycles. The van der Waals surface area contributed by atoms with Gasteiger partial charge < -0.3 is 15.2 Å². The zero-order chi connectivity index (χ0) is 12.1. The third kappa shape index (κ3) is 3.20. The van der Waals surface area contributed by atoms with Gasteiger partial charge in [-0.3, -0.25) is 0 Å². The normalized spacial score (nSPS) is 22.1. The molecular formula is C14H21NO2. The van der Waals surface area contributed by atoms with Crippen molar-refractivity contribution in [3.63, 3.8) is 0 Å². The van der Waals surface area contributed by atoms with E-state index in [9.17, 15) is 5.11 Å². The highest BCUT2D eigenvalue weighted by Gasteiger charge is 2.22. The SMILES string of the molecule is COc1ccccc1CC(O)C1CCCNC1. The van der Waals surface area contributed by atoms with Crippen molar-refractivity contribution in [1.29, 1.82) is 0 Å². The summed E-state index contributed by atoms with van der Waals surface area (Å²) in [6.45, 7) is 2.01. The number of methoxy groups -OCH3 is 1. The van der Waals surface area contributed by atoms with Crippen molar-refractivity contribution in [1.82, 2.24) is 5.32 Å². The van der Waals surface area contributed by atoms with Crippen molar-refractivity contribution in [3.8, 4) is 5.75 Å². The number of hydrogen-bond donors (Lipinski definition) is 2. The van der Waals surface area contributed by atoms with Gasteiger partial charge in [-0.15, -0.1) is 0 Å². The predicted octanol–water partition coefficient (Wildman–Crippen LogP) is 1.60. The van der Waals surface area contributed by atoms with Crippen LogP contribution in [0.2, 0.25) is 0 Å². The van der Waals surface area contributed by atoms with Gasteiger partial charge in [0.1, 0.15) is 5.75 Å². The molecule has 1 aliphatic heterocycles. The molecule has 17 heavy (non-hydrogen) atoms. The lowest BCUT2D eigenvalue weighted by Crippen LogP contribution is -2.37. The molecule has 2 N–H and O–H groups in total. The lowest BCUT2D eigenvalue weighted by Gasteiger charge is -2.27. The van der Waals surface area contributed by atoms with E-state index in [0.29, 0.717) is 12.3 Å². The van der Waals surface area contributed by atoms with Gasteiger partial charge in [0.25, 0.3) is 0 Å². The molecule has 1 heterocycles. The number of nitrogens with one attached hydrogen (secondary N) is 1. The first-order valence-electron chi connectivity index (χ1n) is 6.32. The van der Waals surface area contributed by atoms with E-state index < -0.39 is 0 Å². The molecule has 1 aromatic carbocycles. The fourth-order valence-corrected chi connectivity index (χ4v) is 2.47. The van der Waals surface area contributed by atoms with Crippen LogP contribution in [0.25, 0.3) is 0 Å². The van der Waals surface area contributed by atoms with Crippen LogP contribution in [0.4, 0.5) is 0 Å². The number of aliphatic hydroxyl groups excluding tert-OH is 1. The topological polar surface area (TPSA) is 41.5 Å². The minimum absolute atomic E-state index is 0.279. The zero-order valence-electron chi connectivity index (χ0n) is 10.4. The van der Waals surface area contributed by atoms with E-state index in [4.69, 9.17) is 4.74 Å². The Morgan fingerprint density at radius 3 is 3.00 bits per heavy atom. The maximum Gasteiger partial charge on any atom is 0.122 e. The smallest absolute Gasteiger partial charge is 0.122 e. The van der Waals surface area contributed by atoms with Crippen LogP contribution >= 0.6 is 0 Å². The molecule has 94 valence electrons. The van der Waals surface area contributed by atoms with Gasteiger partial charge in [-0.1, -0.05) is 18.2 Å². The van der Waals surface area contributed by atoms with Gasteiger partial charge in [0, 0.05) is 13.0 Å². The van der Waals surface area contributed by atoms with E-state index in [0.717, 1.165) is 37.2 Å². The zero-order valence-corrected chi connectivity index (χ0v) is 10.4. The van der Waals surface area contributed by atoms with Gasteiger partial charge in [0.15, 0.2) is 0 Å². The lowest BCUT2D eigenvalue weighted by atomic mass is 9.90. The lowest BCUT2D eigenvalue weighted by molar-refractivity contribution is 0.0916. The summed E-state index contributed by atoms with van der Waals surface area (Å²) in [7, 11) is 1.67.